The number of carbonyl (C=O) groups excluding carboxylic acids is 1. The van der Waals surface area contributed by atoms with Gasteiger partial charge in [0.2, 0.25) is 0 Å². The van der Waals surface area contributed by atoms with Crippen molar-refractivity contribution < 1.29 is 4.79 Å². The van der Waals surface area contributed by atoms with Gasteiger partial charge in [0.05, 0.1) is 0 Å². The van der Waals surface area contributed by atoms with E-state index in [1.165, 1.54) is 0 Å². The van der Waals surface area contributed by atoms with Crippen molar-refractivity contribution in [1.29, 1.82) is 0 Å². The lowest BCUT2D eigenvalue weighted by Gasteiger charge is -2.08. The van der Waals surface area contributed by atoms with E-state index in [0.29, 0.717) is 12.2 Å². The van der Waals surface area contributed by atoms with Gasteiger partial charge in [-0.3, -0.25) is 9.78 Å². The molecule has 0 N–H and O–H groups in total. The molecule has 1 atom stereocenters. The Balaban J connectivity index is 2.42. The maximum atomic E-state index is 11.8. The second-order valence-electron chi connectivity index (χ2n) is 4.01. The smallest absolute Gasteiger partial charge is 0.141 e. The van der Waals surface area contributed by atoms with Crippen LogP contribution in [0.4, 0.5) is 0 Å². The van der Waals surface area contributed by atoms with Crippen molar-refractivity contribution >= 4 is 5.78 Å². The molecule has 1 aromatic heterocycles. The van der Waals surface area contributed by atoms with Crippen LogP contribution in [0.15, 0.2) is 24.4 Å². The SMILES string of the molecule is CCCCC(C)C(=O)Cc1ccccn1. The number of hydrogen-bond acceptors (Lipinski definition) is 2. The number of pyridine rings is 1. The maximum absolute atomic E-state index is 11.8. The van der Waals surface area contributed by atoms with E-state index in [1.807, 2.05) is 25.1 Å². The molecule has 0 radical (unpaired) electrons. The van der Waals surface area contributed by atoms with Gasteiger partial charge in [-0.25, -0.2) is 0 Å². The predicted molar refractivity (Wildman–Crippen MR) is 61.6 cm³/mol. The molecule has 0 bridgehead atoms. The first kappa shape index (κ1) is 11.9. The van der Waals surface area contributed by atoms with Gasteiger partial charge in [0.1, 0.15) is 5.78 Å². The van der Waals surface area contributed by atoms with E-state index in [9.17, 15) is 4.79 Å². The average molecular weight is 205 g/mol. The van der Waals surface area contributed by atoms with E-state index in [0.717, 1.165) is 25.0 Å². The van der Waals surface area contributed by atoms with Gasteiger partial charge in [0.25, 0.3) is 0 Å². The first-order chi connectivity index (χ1) is 7.24. The molecular weight excluding hydrogens is 186 g/mol. The van der Waals surface area contributed by atoms with Gasteiger partial charge >= 0.3 is 0 Å². The lowest BCUT2D eigenvalue weighted by molar-refractivity contribution is -0.122. The van der Waals surface area contributed by atoms with Crippen molar-refractivity contribution in [2.75, 3.05) is 0 Å². The quantitative estimate of drug-likeness (QED) is 0.714. The highest BCUT2D eigenvalue weighted by Crippen LogP contribution is 2.11. The van der Waals surface area contributed by atoms with Crippen LogP contribution in [0, 0.1) is 5.92 Å². The van der Waals surface area contributed by atoms with E-state index >= 15 is 0 Å². The van der Waals surface area contributed by atoms with Crippen molar-refractivity contribution in [3.05, 3.63) is 30.1 Å². The Morgan fingerprint density at radius 2 is 2.27 bits per heavy atom. The fourth-order valence-electron chi connectivity index (χ4n) is 1.53. The van der Waals surface area contributed by atoms with Crippen LogP contribution in [0.1, 0.15) is 38.8 Å². The molecule has 1 rings (SSSR count). The normalized spacial score (nSPS) is 12.4. The van der Waals surface area contributed by atoms with E-state index < -0.39 is 0 Å². The zero-order valence-corrected chi connectivity index (χ0v) is 9.57. The van der Waals surface area contributed by atoms with Crippen LogP contribution in [-0.4, -0.2) is 10.8 Å². The number of unbranched alkanes of at least 4 members (excludes halogenated alkanes) is 1. The molecule has 0 aliphatic heterocycles. The van der Waals surface area contributed by atoms with Crippen molar-refractivity contribution in [1.82, 2.24) is 4.98 Å². The molecule has 15 heavy (non-hydrogen) atoms. The third-order valence-electron chi connectivity index (χ3n) is 2.62. The van der Waals surface area contributed by atoms with Crippen LogP contribution in [-0.2, 0) is 11.2 Å². The van der Waals surface area contributed by atoms with Crippen molar-refractivity contribution in [2.24, 2.45) is 5.92 Å². The second-order valence-corrected chi connectivity index (χ2v) is 4.01. The van der Waals surface area contributed by atoms with Gasteiger partial charge in [-0.2, -0.15) is 0 Å². The molecule has 0 aliphatic rings. The molecule has 2 heteroatoms. The molecule has 0 amide bonds. The van der Waals surface area contributed by atoms with Crippen LogP contribution in [0.5, 0.6) is 0 Å². The Labute approximate surface area is 91.7 Å². The zero-order valence-electron chi connectivity index (χ0n) is 9.57. The van der Waals surface area contributed by atoms with Gasteiger partial charge in [-0.1, -0.05) is 32.8 Å². The topological polar surface area (TPSA) is 30.0 Å². The third-order valence-corrected chi connectivity index (χ3v) is 2.62. The summed E-state index contributed by atoms with van der Waals surface area (Å²) in [5.41, 5.74) is 0.880. The molecule has 1 unspecified atom stereocenters. The Kier molecular flexibility index (Phi) is 5.02. The van der Waals surface area contributed by atoms with Crippen molar-refractivity contribution in [2.45, 2.75) is 39.5 Å². The molecule has 0 fully saturated rings. The van der Waals surface area contributed by atoms with Crippen LogP contribution in [0.2, 0.25) is 0 Å². The first-order valence-corrected chi connectivity index (χ1v) is 5.66. The summed E-state index contributed by atoms with van der Waals surface area (Å²) in [6.45, 7) is 4.16. The van der Waals surface area contributed by atoms with E-state index in [1.54, 1.807) is 6.20 Å². The Morgan fingerprint density at radius 3 is 2.87 bits per heavy atom. The van der Waals surface area contributed by atoms with E-state index in [4.69, 9.17) is 0 Å². The van der Waals surface area contributed by atoms with Crippen molar-refractivity contribution in [3.8, 4) is 0 Å². The summed E-state index contributed by atoms with van der Waals surface area (Å²) < 4.78 is 0. The Morgan fingerprint density at radius 1 is 1.47 bits per heavy atom. The summed E-state index contributed by atoms with van der Waals surface area (Å²) >= 11 is 0. The van der Waals surface area contributed by atoms with Crippen molar-refractivity contribution in [3.63, 3.8) is 0 Å². The van der Waals surface area contributed by atoms with Crippen LogP contribution < -0.4 is 0 Å². The number of ketones is 1. The Bertz CT molecular complexity index is 295. The number of aromatic nitrogens is 1. The predicted octanol–water partition coefficient (Wildman–Crippen LogP) is 3.02. The standard InChI is InChI=1S/C13H19NO/c1-3-4-7-11(2)13(15)10-12-8-5-6-9-14-12/h5-6,8-9,11H,3-4,7,10H2,1-2H3. The van der Waals surface area contributed by atoms with Crippen LogP contribution in [0.3, 0.4) is 0 Å². The molecule has 0 aliphatic carbocycles. The highest BCUT2D eigenvalue weighted by Gasteiger charge is 2.12. The van der Waals surface area contributed by atoms with Gasteiger partial charge in [-0.15, -0.1) is 0 Å². The van der Waals surface area contributed by atoms with E-state index in [-0.39, 0.29) is 5.92 Å². The lowest BCUT2D eigenvalue weighted by Crippen LogP contribution is -2.14. The molecular formula is C13H19NO. The molecule has 1 aromatic rings. The largest absolute Gasteiger partial charge is 0.299 e. The maximum Gasteiger partial charge on any atom is 0.141 e. The number of hydrogen-bond donors (Lipinski definition) is 0. The number of rotatable bonds is 6. The van der Waals surface area contributed by atoms with Crippen LogP contribution in [0.25, 0.3) is 0 Å². The summed E-state index contributed by atoms with van der Waals surface area (Å²) in [5.74, 6) is 0.481. The van der Waals surface area contributed by atoms with Gasteiger partial charge in [0, 0.05) is 24.2 Å². The molecule has 1 heterocycles. The van der Waals surface area contributed by atoms with Gasteiger partial charge < -0.3 is 0 Å². The average Bonchev–Trinajstić information content (AvgIpc) is 2.27. The number of Topliss-reactive ketones (excluding diaryl/α,β-unsaturated/α-hetero) is 1. The summed E-state index contributed by atoms with van der Waals surface area (Å²) in [6, 6.07) is 5.70. The summed E-state index contributed by atoms with van der Waals surface area (Å²) in [6.07, 6.45) is 5.50. The highest BCUT2D eigenvalue weighted by atomic mass is 16.1. The molecule has 0 saturated carbocycles. The minimum Gasteiger partial charge on any atom is -0.299 e. The molecule has 0 aromatic carbocycles. The highest BCUT2D eigenvalue weighted by molar-refractivity contribution is 5.82. The molecule has 82 valence electrons. The molecule has 0 spiro atoms. The fraction of sp³-hybridized carbons (Fsp3) is 0.538. The summed E-state index contributed by atoms with van der Waals surface area (Å²) in [7, 11) is 0. The number of nitrogens with zero attached hydrogens (tertiary/aromatic N) is 1. The zero-order chi connectivity index (χ0) is 11.1. The molecule has 2 nitrogen and oxygen atoms in total. The first-order valence-electron chi connectivity index (χ1n) is 5.66. The second kappa shape index (κ2) is 6.33. The summed E-state index contributed by atoms with van der Waals surface area (Å²) in [4.78, 5) is 15.9. The fourth-order valence-corrected chi connectivity index (χ4v) is 1.53. The Hall–Kier alpha value is -1.18. The third kappa shape index (κ3) is 4.24. The number of carbonyl (C=O) groups is 1. The summed E-state index contributed by atoms with van der Waals surface area (Å²) in [5, 5.41) is 0. The van der Waals surface area contributed by atoms with Crippen LogP contribution >= 0.6 is 0 Å². The van der Waals surface area contributed by atoms with E-state index in [2.05, 4.69) is 11.9 Å². The lowest BCUT2D eigenvalue weighted by atomic mass is 9.96. The van der Waals surface area contributed by atoms with Gasteiger partial charge in [0.15, 0.2) is 0 Å². The molecule has 0 saturated heterocycles. The minimum atomic E-state index is 0.173. The minimum absolute atomic E-state index is 0.173. The monoisotopic (exact) mass is 205 g/mol. The van der Waals surface area contributed by atoms with Gasteiger partial charge in [-0.05, 0) is 18.6 Å².